The number of aromatic nitrogens is 4. The molecule has 1 fully saturated rings. The number of carbonyl (C=O) groups excluding carboxylic acids is 1. The lowest BCUT2D eigenvalue weighted by Crippen LogP contribution is -2.43. The van der Waals surface area contributed by atoms with E-state index in [1.807, 2.05) is 0 Å². The second-order valence-electron chi connectivity index (χ2n) is 7.05. The number of piperidine rings is 1. The summed E-state index contributed by atoms with van der Waals surface area (Å²) in [5.41, 5.74) is 1.81. The average Bonchev–Trinajstić information content (AvgIpc) is 3.01. The van der Waals surface area contributed by atoms with Gasteiger partial charge in [0.1, 0.15) is 0 Å². The second-order valence-corrected chi connectivity index (χ2v) is 7.05. The first-order valence-electron chi connectivity index (χ1n) is 8.93. The molecular weight excluding hydrogens is 361 g/mol. The van der Waals surface area contributed by atoms with Gasteiger partial charge in [0.05, 0.1) is 0 Å². The number of nitrogens with zero attached hydrogens (tertiary/aromatic N) is 5. The molecule has 2 aromatic heterocycles. The average molecular weight is 384 g/mol. The van der Waals surface area contributed by atoms with Crippen molar-refractivity contribution in [2.45, 2.75) is 51.7 Å². The van der Waals surface area contributed by atoms with Crippen LogP contribution in [0.3, 0.4) is 0 Å². The lowest BCUT2D eigenvalue weighted by Gasteiger charge is -2.29. The topological polar surface area (TPSA) is 75.4 Å². The van der Waals surface area contributed by atoms with Crippen LogP contribution in [-0.4, -0.2) is 56.6 Å². The standard InChI is InChI=1S/C17H23F3N6O/c1-10-13(4-5-14(27)22-12-6-8-25(3)9-7-12)11(2)26-16(21-10)23-15(24-26)17(18,19)20/h12H,4-9H2,1-3H3,(H,22,27). The lowest BCUT2D eigenvalue weighted by molar-refractivity contribution is -0.144. The molecule has 0 bridgehead atoms. The summed E-state index contributed by atoms with van der Waals surface area (Å²) in [4.78, 5) is 22.1. The van der Waals surface area contributed by atoms with E-state index < -0.39 is 12.0 Å². The highest BCUT2D eigenvalue weighted by molar-refractivity contribution is 5.76. The fraction of sp³-hybridized carbons (Fsp3) is 0.647. The van der Waals surface area contributed by atoms with E-state index in [0.717, 1.165) is 36.0 Å². The maximum atomic E-state index is 12.8. The summed E-state index contributed by atoms with van der Waals surface area (Å²) in [7, 11) is 2.06. The molecule has 0 unspecified atom stereocenters. The maximum Gasteiger partial charge on any atom is 0.453 e. The Kier molecular flexibility index (Phi) is 5.36. The molecule has 7 nitrogen and oxygen atoms in total. The van der Waals surface area contributed by atoms with Gasteiger partial charge in [0.2, 0.25) is 5.91 Å². The number of hydrogen-bond donors (Lipinski definition) is 1. The van der Waals surface area contributed by atoms with Gasteiger partial charge < -0.3 is 10.2 Å². The van der Waals surface area contributed by atoms with Gasteiger partial charge in [-0.3, -0.25) is 4.79 Å². The third-order valence-corrected chi connectivity index (χ3v) is 4.99. The van der Waals surface area contributed by atoms with Gasteiger partial charge in [-0.05, 0) is 58.8 Å². The van der Waals surface area contributed by atoms with E-state index in [1.54, 1.807) is 13.8 Å². The largest absolute Gasteiger partial charge is 0.453 e. The molecule has 3 heterocycles. The van der Waals surface area contributed by atoms with E-state index in [0.29, 0.717) is 17.8 Å². The van der Waals surface area contributed by atoms with Crippen LogP contribution in [0.5, 0.6) is 0 Å². The predicted molar refractivity (Wildman–Crippen MR) is 92.2 cm³/mol. The Morgan fingerprint density at radius 1 is 1.22 bits per heavy atom. The summed E-state index contributed by atoms with van der Waals surface area (Å²) in [6.07, 6.45) is -2.13. The number of carbonyl (C=O) groups is 1. The van der Waals surface area contributed by atoms with Gasteiger partial charge in [-0.1, -0.05) is 0 Å². The number of amides is 1. The zero-order chi connectivity index (χ0) is 19.8. The summed E-state index contributed by atoms with van der Waals surface area (Å²) in [6, 6.07) is 0.182. The number of halogens is 3. The number of likely N-dealkylation sites (tertiary alicyclic amines) is 1. The first-order valence-corrected chi connectivity index (χ1v) is 8.93. The van der Waals surface area contributed by atoms with Gasteiger partial charge in [0.25, 0.3) is 11.6 Å². The molecule has 0 atom stereocenters. The smallest absolute Gasteiger partial charge is 0.353 e. The van der Waals surface area contributed by atoms with E-state index in [1.165, 1.54) is 0 Å². The van der Waals surface area contributed by atoms with Crippen LogP contribution in [0.4, 0.5) is 13.2 Å². The molecule has 1 amide bonds. The van der Waals surface area contributed by atoms with E-state index >= 15 is 0 Å². The minimum Gasteiger partial charge on any atom is -0.353 e. The fourth-order valence-corrected chi connectivity index (χ4v) is 3.38. The van der Waals surface area contributed by atoms with Crippen LogP contribution in [0.25, 0.3) is 5.78 Å². The Morgan fingerprint density at radius 2 is 1.89 bits per heavy atom. The molecule has 0 spiro atoms. The quantitative estimate of drug-likeness (QED) is 0.872. The molecule has 10 heteroatoms. The van der Waals surface area contributed by atoms with Gasteiger partial charge >= 0.3 is 6.18 Å². The highest BCUT2D eigenvalue weighted by Gasteiger charge is 2.37. The zero-order valence-electron chi connectivity index (χ0n) is 15.6. The van der Waals surface area contributed by atoms with Crippen LogP contribution in [0.15, 0.2) is 0 Å². The number of aryl methyl sites for hydroxylation is 2. The van der Waals surface area contributed by atoms with Crippen LogP contribution in [0.1, 0.15) is 42.0 Å². The van der Waals surface area contributed by atoms with Gasteiger partial charge in [0, 0.05) is 23.9 Å². The van der Waals surface area contributed by atoms with Gasteiger partial charge in [-0.15, -0.1) is 5.10 Å². The van der Waals surface area contributed by atoms with E-state index in [2.05, 4.69) is 32.3 Å². The van der Waals surface area contributed by atoms with Crippen molar-refractivity contribution in [3.8, 4) is 0 Å². The molecule has 1 aliphatic heterocycles. The lowest BCUT2D eigenvalue weighted by atomic mass is 10.0. The molecular formula is C17H23F3N6O. The normalized spacial score (nSPS) is 16.8. The summed E-state index contributed by atoms with van der Waals surface area (Å²) in [5, 5.41) is 6.57. The van der Waals surface area contributed by atoms with Gasteiger partial charge in [-0.25, -0.2) is 9.50 Å². The Hall–Kier alpha value is -2.23. The van der Waals surface area contributed by atoms with Crippen molar-refractivity contribution in [1.29, 1.82) is 0 Å². The predicted octanol–water partition coefficient (Wildman–Crippen LogP) is 1.90. The maximum absolute atomic E-state index is 12.8. The third-order valence-electron chi connectivity index (χ3n) is 4.99. The Labute approximate surface area is 155 Å². The van der Waals surface area contributed by atoms with Crippen LogP contribution in [-0.2, 0) is 17.4 Å². The Morgan fingerprint density at radius 3 is 2.52 bits per heavy atom. The molecule has 0 radical (unpaired) electrons. The van der Waals surface area contributed by atoms with Crippen molar-refractivity contribution >= 4 is 11.7 Å². The number of hydrogen-bond acceptors (Lipinski definition) is 5. The second kappa shape index (κ2) is 7.41. The van der Waals surface area contributed by atoms with Gasteiger partial charge in [-0.2, -0.15) is 18.2 Å². The number of rotatable bonds is 4. The molecule has 2 aromatic rings. The Bertz CT molecular complexity index is 839. The van der Waals surface area contributed by atoms with Crippen molar-refractivity contribution in [3.63, 3.8) is 0 Å². The third kappa shape index (κ3) is 4.37. The number of nitrogens with one attached hydrogen (secondary N) is 1. The van der Waals surface area contributed by atoms with Crippen LogP contribution in [0, 0.1) is 13.8 Å². The van der Waals surface area contributed by atoms with Crippen molar-refractivity contribution < 1.29 is 18.0 Å². The molecule has 1 N–H and O–H groups in total. The summed E-state index contributed by atoms with van der Waals surface area (Å²) in [6.45, 7) is 5.29. The summed E-state index contributed by atoms with van der Waals surface area (Å²) < 4.78 is 39.6. The molecule has 1 saturated heterocycles. The van der Waals surface area contributed by atoms with Crippen molar-refractivity contribution in [1.82, 2.24) is 29.8 Å². The van der Waals surface area contributed by atoms with E-state index in [4.69, 9.17) is 0 Å². The highest BCUT2D eigenvalue weighted by Crippen LogP contribution is 2.27. The van der Waals surface area contributed by atoms with Crippen molar-refractivity contribution in [3.05, 3.63) is 22.8 Å². The first-order chi connectivity index (χ1) is 12.6. The fourth-order valence-electron chi connectivity index (χ4n) is 3.38. The molecule has 0 saturated carbocycles. The monoisotopic (exact) mass is 384 g/mol. The Balaban J connectivity index is 1.70. The van der Waals surface area contributed by atoms with Crippen molar-refractivity contribution in [2.24, 2.45) is 0 Å². The van der Waals surface area contributed by atoms with Crippen LogP contribution < -0.4 is 5.32 Å². The SMILES string of the molecule is Cc1nc2nc(C(F)(F)F)nn2c(C)c1CCC(=O)NC1CCN(C)CC1. The van der Waals surface area contributed by atoms with Gasteiger partial charge in [0.15, 0.2) is 0 Å². The molecule has 3 rings (SSSR count). The summed E-state index contributed by atoms with van der Waals surface area (Å²) >= 11 is 0. The minimum absolute atomic E-state index is 0.0574. The minimum atomic E-state index is -4.62. The summed E-state index contributed by atoms with van der Waals surface area (Å²) in [5.74, 6) is -1.36. The van der Waals surface area contributed by atoms with Crippen molar-refractivity contribution in [2.75, 3.05) is 20.1 Å². The number of fused-ring (bicyclic) bond motifs is 1. The molecule has 148 valence electrons. The van der Waals surface area contributed by atoms with E-state index in [-0.39, 0.29) is 24.1 Å². The molecule has 27 heavy (non-hydrogen) atoms. The van der Waals surface area contributed by atoms with Crippen LogP contribution in [0.2, 0.25) is 0 Å². The number of alkyl halides is 3. The first kappa shape index (κ1) is 19.5. The highest BCUT2D eigenvalue weighted by atomic mass is 19.4. The molecule has 0 aromatic carbocycles. The molecule has 0 aliphatic carbocycles. The zero-order valence-corrected chi connectivity index (χ0v) is 15.6. The molecule has 1 aliphatic rings. The van der Waals surface area contributed by atoms with E-state index in [9.17, 15) is 18.0 Å². The van der Waals surface area contributed by atoms with Crippen LogP contribution >= 0.6 is 0 Å².